The molecule has 0 radical (unpaired) electrons. The molecule has 1 heterocycles. The average molecular weight is 236 g/mol. The maximum absolute atomic E-state index is 9.79. The molecule has 0 aliphatic heterocycles. The fourth-order valence-corrected chi connectivity index (χ4v) is 1.91. The van der Waals surface area contributed by atoms with E-state index in [2.05, 4.69) is 0 Å². The van der Waals surface area contributed by atoms with Gasteiger partial charge in [-0.1, -0.05) is 18.2 Å². The summed E-state index contributed by atoms with van der Waals surface area (Å²) in [5.41, 5.74) is 0.807. The third-order valence-electron chi connectivity index (χ3n) is 2.29. The van der Waals surface area contributed by atoms with Crippen LogP contribution < -0.4 is 0 Å². The summed E-state index contributed by atoms with van der Waals surface area (Å²) in [6.07, 6.45) is 1.52. The summed E-state index contributed by atoms with van der Waals surface area (Å²) in [6, 6.07) is 9.37. The lowest BCUT2D eigenvalue weighted by molar-refractivity contribution is 0.275. The molecule has 0 spiro atoms. The van der Waals surface area contributed by atoms with Crippen LogP contribution in [0.3, 0.4) is 0 Å². The Balaban J connectivity index is 2.54. The topological polar surface area (TPSA) is 50.3 Å². The van der Waals surface area contributed by atoms with Crippen molar-refractivity contribution in [3.8, 4) is 11.6 Å². The average Bonchev–Trinajstić information content (AvgIpc) is 2.56. The summed E-state index contributed by atoms with van der Waals surface area (Å²) in [4.78, 5) is 0. The third-order valence-corrected chi connectivity index (χ3v) is 2.71. The number of aromatic nitrogens is 2. The van der Waals surface area contributed by atoms with Gasteiger partial charge in [0.2, 0.25) is 5.88 Å². The van der Waals surface area contributed by atoms with E-state index < -0.39 is 0 Å². The van der Waals surface area contributed by atoms with E-state index in [9.17, 15) is 5.11 Å². The van der Waals surface area contributed by atoms with Crippen molar-refractivity contribution in [1.29, 1.82) is 0 Å². The van der Waals surface area contributed by atoms with Gasteiger partial charge in [-0.15, -0.1) is 0 Å². The molecule has 0 bridgehead atoms. The minimum Gasteiger partial charge on any atom is -0.493 e. The van der Waals surface area contributed by atoms with Crippen LogP contribution in [0.15, 0.2) is 36.5 Å². The highest BCUT2D eigenvalue weighted by Gasteiger charge is 2.08. The second-order valence-corrected chi connectivity index (χ2v) is 3.72. The molecule has 0 aliphatic carbocycles. The summed E-state index contributed by atoms with van der Waals surface area (Å²) in [6.45, 7) is 0.374. The van der Waals surface area contributed by atoms with Gasteiger partial charge in [-0.05, 0) is 24.4 Å². The minimum atomic E-state index is -0.00739. The number of imidazole rings is 1. The van der Waals surface area contributed by atoms with E-state index in [0.717, 1.165) is 5.69 Å². The fraction of sp³-hybridized carbons (Fsp3) is 0.182. The van der Waals surface area contributed by atoms with Gasteiger partial charge in [-0.25, -0.2) is 0 Å². The summed E-state index contributed by atoms with van der Waals surface area (Å²) < 4.78 is 3.67. The number of aromatic hydroxyl groups is 1. The second kappa shape index (κ2) is 4.51. The summed E-state index contributed by atoms with van der Waals surface area (Å²) in [7, 11) is 0. The molecule has 5 heteroatoms. The monoisotopic (exact) mass is 236 g/mol. The van der Waals surface area contributed by atoms with Gasteiger partial charge in [0.05, 0.1) is 18.5 Å². The smallest absolute Gasteiger partial charge is 0.214 e. The molecule has 4 nitrogen and oxygen atoms in total. The first-order valence-corrected chi connectivity index (χ1v) is 5.32. The van der Waals surface area contributed by atoms with Crippen LogP contribution in [0, 0.1) is 4.77 Å². The first kappa shape index (κ1) is 10.9. The Morgan fingerprint density at radius 2 is 1.88 bits per heavy atom. The highest BCUT2D eigenvalue weighted by Crippen LogP contribution is 2.19. The lowest BCUT2D eigenvalue weighted by Gasteiger charge is -2.03. The highest BCUT2D eigenvalue weighted by atomic mass is 32.1. The highest BCUT2D eigenvalue weighted by molar-refractivity contribution is 7.71. The molecule has 0 amide bonds. The maximum Gasteiger partial charge on any atom is 0.214 e. The number of para-hydroxylation sites is 1. The Bertz CT molecular complexity index is 531. The number of benzene rings is 1. The van der Waals surface area contributed by atoms with Crippen molar-refractivity contribution in [2.75, 3.05) is 6.61 Å². The van der Waals surface area contributed by atoms with Crippen molar-refractivity contribution in [2.24, 2.45) is 0 Å². The van der Waals surface area contributed by atoms with Crippen molar-refractivity contribution in [1.82, 2.24) is 9.13 Å². The fourth-order valence-electron chi connectivity index (χ4n) is 1.57. The van der Waals surface area contributed by atoms with E-state index in [0.29, 0.717) is 11.3 Å². The molecule has 2 N–H and O–H groups in total. The van der Waals surface area contributed by atoms with Gasteiger partial charge in [0.1, 0.15) is 0 Å². The van der Waals surface area contributed by atoms with Crippen LogP contribution in [0.4, 0.5) is 0 Å². The standard InChI is InChI=1S/C11H12N2O2S/c14-7-6-12-8-10(15)13(11(12)16)9-4-2-1-3-5-9/h1-5,8,14-15H,6-7H2. The predicted octanol–water partition coefficient (Wildman–Crippen LogP) is 1.71. The van der Waals surface area contributed by atoms with Crippen LogP contribution in [-0.2, 0) is 6.54 Å². The van der Waals surface area contributed by atoms with Crippen LogP contribution in [0.5, 0.6) is 5.88 Å². The Morgan fingerprint density at radius 1 is 1.19 bits per heavy atom. The molecule has 0 fully saturated rings. The largest absolute Gasteiger partial charge is 0.493 e. The van der Waals surface area contributed by atoms with Gasteiger partial charge in [0, 0.05) is 6.54 Å². The van der Waals surface area contributed by atoms with Crippen molar-refractivity contribution in [2.45, 2.75) is 6.54 Å². The normalized spacial score (nSPS) is 10.6. The summed E-state index contributed by atoms with van der Waals surface area (Å²) in [5, 5.41) is 18.6. The predicted molar refractivity (Wildman–Crippen MR) is 63.3 cm³/mol. The van der Waals surface area contributed by atoms with E-state index in [4.69, 9.17) is 17.3 Å². The molecular formula is C11H12N2O2S. The number of hydrogen-bond donors (Lipinski definition) is 2. The molecule has 0 aliphatic rings. The van der Waals surface area contributed by atoms with E-state index >= 15 is 0 Å². The summed E-state index contributed by atoms with van der Waals surface area (Å²) >= 11 is 5.22. The van der Waals surface area contributed by atoms with Crippen LogP contribution in [0.25, 0.3) is 5.69 Å². The molecule has 0 saturated carbocycles. The van der Waals surface area contributed by atoms with Gasteiger partial charge in [-0.3, -0.25) is 4.57 Å². The molecule has 1 aromatic heterocycles. The first-order chi connectivity index (χ1) is 7.74. The van der Waals surface area contributed by atoms with E-state index in [1.807, 2.05) is 30.3 Å². The Morgan fingerprint density at radius 3 is 2.50 bits per heavy atom. The SMILES string of the molecule is OCCn1cc(O)n(-c2ccccc2)c1=S. The molecule has 1 aromatic carbocycles. The van der Waals surface area contributed by atoms with Gasteiger partial charge >= 0.3 is 0 Å². The Labute approximate surface area is 98.0 Å². The number of hydrogen-bond acceptors (Lipinski definition) is 3. The minimum absolute atomic E-state index is 0.00739. The zero-order valence-corrected chi connectivity index (χ0v) is 9.39. The van der Waals surface area contributed by atoms with Crippen molar-refractivity contribution >= 4 is 12.2 Å². The van der Waals surface area contributed by atoms with Gasteiger partial charge < -0.3 is 14.8 Å². The second-order valence-electron chi connectivity index (χ2n) is 3.36. The Kier molecular flexibility index (Phi) is 3.07. The van der Waals surface area contributed by atoms with Crippen molar-refractivity contribution in [3.63, 3.8) is 0 Å². The molecule has 0 saturated heterocycles. The molecule has 84 valence electrons. The maximum atomic E-state index is 9.79. The van der Waals surface area contributed by atoms with Crippen LogP contribution >= 0.6 is 12.2 Å². The zero-order chi connectivity index (χ0) is 11.5. The Hall–Kier alpha value is -1.59. The van der Waals surface area contributed by atoms with Crippen LogP contribution in [0.2, 0.25) is 0 Å². The van der Waals surface area contributed by atoms with Crippen molar-refractivity contribution < 1.29 is 10.2 Å². The number of aliphatic hydroxyl groups is 1. The van der Waals surface area contributed by atoms with Gasteiger partial charge in [0.15, 0.2) is 4.77 Å². The quantitative estimate of drug-likeness (QED) is 0.798. The van der Waals surface area contributed by atoms with E-state index in [1.54, 1.807) is 9.13 Å². The molecule has 0 atom stereocenters. The van der Waals surface area contributed by atoms with Gasteiger partial charge in [-0.2, -0.15) is 0 Å². The first-order valence-electron chi connectivity index (χ1n) is 4.91. The molecule has 2 aromatic rings. The van der Waals surface area contributed by atoms with E-state index in [1.165, 1.54) is 6.20 Å². The third kappa shape index (κ3) is 1.87. The van der Waals surface area contributed by atoms with E-state index in [-0.39, 0.29) is 12.5 Å². The van der Waals surface area contributed by atoms with Gasteiger partial charge in [0.25, 0.3) is 0 Å². The molecule has 2 rings (SSSR count). The lowest BCUT2D eigenvalue weighted by atomic mass is 10.3. The molecule has 0 unspecified atom stereocenters. The van der Waals surface area contributed by atoms with Crippen LogP contribution in [-0.4, -0.2) is 26.0 Å². The van der Waals surface area contributed by atoms with Crippen molar-refractivity contribution in [3.05, 3.63) is 41.3 Å². The zero-order valence-electron chi connectivity index (χ0n) is 8.58. The lowest BCUT2D eigenvalue weighted by Crippen LogP contribution is -2.02. The number of rotatable bonds is 3. The summed E-state index contributed by atoms with van der Waals surface area (Å²) in [5.74, 6) is 0.0738. The molecule has 16 heavy (non-hydrogen) atoms. The van der Waals surface area contributed by atoms with Crippen LogP contribution in [0.1, 0.15) is 0 Å². The number of nitrogens with zero attached hydrogens (tertiary/aromatic N) is 2. The number of aliphatic hydroxyl groups excluding tert-OH is 1. The molecular weight excluding hydrogens is 224 g/mol.